The number of carbonyl (C=O) groups excluding carboxylic acids is 1. The van der Waals surface area contributed by atoms with Gasteiger partial charge < -0.3 is 10.1 Å². The van der Waals surface area contributed by atoms with Crippen molar-refractivity contribution in [2.24, 2.45) is 5.92 Å². The molecule has 6 rings (SSSR count). The number of carbonyl (C=O) groups is 1. The molecule has 1 aromatic heterocycles. The Kier molecular flexibility index (Phi) is 7.83. The number of nitrogens with zero attached hydrogens (tertiary/aromatic N) is 3. The van der Waals surface area contributed by atoms with Gasteiger partial charge in [-0.1, -0.05) is 61.4 Å². The number of nitrogens with one attached hydrogen (secondary N) is 1. The zero-order chi connectivity index (χ0) is 30.8. The van der Waals surface area contributed by atoms with Crippen molar-refractivity contribution in [1.29, 1.82) is 5.26 Å². The number of nitriles is 1. The Balaban J connectivity index is 1.36. The number of benzene rings is 4. The molecular weight excluding hydrogens is 565 g/mol. The Morgan fingerprint density at radius 1 is 1.02 bits per heavy atom. The van der Waals surface area contributed by atoms with Crippen LogP contribution in [-0.2, 0) is 6.18 Å². The van der Waals surface area contributed by atoms with Gasteiger partial charge in [-0.15, -0.1) is 0 Å². The molecule has 1 fully saturated rings. The van der Waals surface area contributed by atoms with Gasteiger partial charge in [0.05, 0.1) is 24.4 Å². The van der Waals surface area contributed by atoms with E-state index < -0.39 is 17.8 Å². The van der Waals surface area contributed by atoms with Crippen LogP contribution in [0.4, 0.5) is 18.9 Å². The molecule has 1 atom stereocenters. The van der Waals surface area contributed by atoms with E-state index in [1.165, 1.54) is 37.1 Å². The number of hydrogen-bond donors (Lipinski definition) is 1. The zero-order valence-corrected chi connectivity index (χ0v) is 23.9. The molecule has 1 amide bonds. The van der Waals surface area contributed by atoms with E-state index in [1.54, 1.807) is 13.2 Å². The molecule has 222 valence electrons. The van der Waals surface area contributed by atoms with Crippen LogP contribution < -0.4 is 10.1 Å². The van der Waals surface area contributed by atoms with Gasteiger partial charge in [0.25, 0.3) is 5.91 Å². The molecule has 6 nitrogen and oxygen atoms in total. The van der Waals surface area contributed by atoms with Crippen molar-refractivity contribution in [3.05, 3.63) is 119 Å². The lowest BCUT2D eigenvalue weighted by atomic mass is 9.84. The van der Waals surface area contributed by atoms with E-state index >= 15 is 0 Å². The largest absolute Gasteiger partial charge is 0.496 e. The fourth-order valence-corrected chi connectivity index (χ4v) is 5.70. The second-order valence-corrected chi connectivity index (χ2v) is 11.0. The Morgan fingerprint density at radius 3 is 2.52 bits per heavy atom. The van der Waals surface area contributed by atoms with Crippen LogP contribution in [-0.4, -0.2) is 22.8 Å². The van der Waals surface area contributed by atoms with Crippen molar-refractivity contribution in [3.8, 4) is 17.5 Å². The van der Waals surface area contributed by atoms with Crippen LogP contribution in [0.5, 0.6) is 5.75 Å². The van der Waals surface area contributed by atoms with E-state index in [1.807, 2.05) is 48.5 Å². The summed E-state index contributed by atoms with van der Waals surface area (Å²) in [7, 11) is 1.65. The summed E-state index contributed by atoms with van der Waals surface area (Å²) < 4.78 is 47.5. The lowest BCUT2D eigenvalue weighted by Crippen LogP contribution is -2.17. The average molecular weight is 595 g/mol. The van der Waals surface area contributed by atoms with Crippen LogP contribution in [0.15, 0.2) is 91.0 Å². The summed E-state index contributed by atoms with van der Waals surface area (Å²) >= 11 is 0. The summed E-state index contributed by atoms with van der Waals surface area (Å²) in [5.74, 6) is 0.783. The monoisotopic (exact) mass is 594 g/mol. The predicted octanol–water partition coefficient (Wildman–Crippen LogP) is 8.50. The SMILES string of the molecule is COc1ccc(C(CCC2CC2)c2cccc(NC(=O)c3cc(C(F)(F)F)nn3-c3cccc(C#N)c3)c2)c2ccccc12. The molecular formula is C35H29F3N4O2. The Hall–Kier alpha value is -5.10. The normalized spacial score (nSPS) is 13.8. The third-order valence-electron chi connectivity index (χ3n) is 8.07. The number of anilines is 1. The number of methoxy groups -OCH3 is 1. The van der Waals surface area contributed by atoms with E-state index in [-0.39, 0.29) is 22.9 Å². The van der Waals surface area contributed by atoms with Gasteiger partial charge in [0.2, 0.25) is 0 Å². The van der Waals surface area contributed by atoms with E-state index in [2.05, 4.69) is 22.5 Å². The Bertz CT molecular complexity index is 1890. The second kappa shape index (κ2) is 11.9. The molecule has 0 saturated heterocycles. The average Bonchev–Trinajstić information content (AvgIpc) is 3.74. The maximum absolute atomic E-state index is 13.7. The first-order valence-corrected chi connectivity index (χ1v) is 14.4. The minimum absolute atomic E-state index is 0.0272. The number of halogens is 3. The lowest BCUT2D eigenvalue weighted by Gasteiger charge is -2.22. The van der Waals surface area contributed by atoms with Crippen molar-refractivity contribution < 1.29 is 22.7 Å². The topological polar surface area (TPSA) is 79.9 Å². The molecule has 1 heterocycles. The van der Waals surface area contributed by atoms with Gasteiger partial charge in [-0.3, -0.25) is 4.79 Å². The molecule has 0 bridgehead atoms. The van der Waals surface area contributed by atoms with E-state index in [0.717, 1.165) is 51.2 Å². The molecule has 0 spiro atoms. The number of rotatable bonds is 9. The molecule has 0 aliphatic heterocycles. The first kappa shape index (κ1) is 29.0. The number of alkyl halides is 3. The quantitative estimate of drug-likeness (QED) is 0.186. The first-order valence-electron chi connectivity index (χ1n) is 14.4. The Labute approximate surface area is 252 Å². The highest BCUT2D eigenvalue weighted by molar-refractivity contribution is 6.03. The number of hydrogen-bond acceptors (Lipinski definition) is 4. The molecule has 44 heavy (non-hydrogen) atoms. The maximum atomic E-state index is 13.7. The van der Waals surface area contributed by atoms with Gasteiger partial charge in [0.15, 0.2) is 5.69 Å². The van der Waals surface area contributed by atoms with Crippen molar-refractivity contribution in [2.45, 2.75) is 37.8 Å². The molecule has 9 heteroatoms. The smallest absolute Gasteiger partial charge is 0.435 e. The van der Waals surface area contributed by atoms with Gasteiger partial charge in [-0.2, -0.15) is 23.5 Å². The minimum Gasteiger partial charge on any atom is -0.496 e. The fourth-order valence-electron chi connectivity index (χ4n) is 5.70. The van der Waals surface area contributed by atoms with Gasteiger partial charge >= 0.3 is 6.18 Å². The van der Waals surface area contributed by atoms with E-state index in [4.69, 9.17) is 4.74 Å². The molecule has 1 unspecified atom stereocenters. The van der Waals surface area contributed by atoms with Gasteiger partial charge in [0, 0.05) is 23.1 Å². The van der Waals surface area contributed by atoms with E-state index in [0.29, 0.717) is 11.6 Å². The molecule has 1 aliphatic carbocycles. The highest BCUT2D eigenvalue weighted by Gasteiger charge is 2.36. The maximum Gasteiger partial charge on any atom is 0.435 e. The van der Waals surface area contributed by atoms with E-state index in [9.17, 15) is 23.2 Å². The molecule has 1 aliphatic rings. The van der Waals surface area contributed by atoms with Crippen LogP contribution in [0, 0.1) is 17.2 Å². The van der Waals surface area contributed by atoms with Crippen LogP contribution in [0.3, 0.4) is 0 Å². The molecule has 0 radical (unpaired) electrons. The highest BCUT2D eigenvalue weighted by atomic mass is 19.4. The fraction of sp³-hybridized carbons (Fsp3) is 0.229. The minimum atomic E-state index is -4.76. The zero-order valence-electron chi connectivity index (χ0n) is 23.9. The third kappa shape index (κ3) is 6.02. The first-order chi connectivity index (χ1) is 21.2. The summed E-state index contributed by atoms with van der Waals surface area (Å²) in [5, 5.41) is 17.9. The number of ether oxygens (including phenoxy) is 1. The van der Waals surface area contributed by atoms with Crippen LogP contribution in [0.25, 0.3) is 16.5 Å². The van der Waals surface area contributed by atoms with Crippen molar-refractivity contribution >= 4 is 22.4 Å². The summed E-state index contributed by atoms with van der Waals surface area (Å²) in [6, 6.07) is 28.3. The number of fused-ring (bicyclic) bond motifs is 1. The second-order valence-electron chi connectivity index (χ2n) is 11.0. The molecule has 1 N–H and O–H groups in total. The van der Waals surface area contributed by atoms with Crippen molar-refractivity contribution in [1.82, 2.24) is 9.78 Å². The third-order valence-corrected chi connectivity index (χ3v) is 8.07. The van der Waals surface area contributed by atoms with Crippen LogP contribution >= 0.6 is 0 Å². The standard InChI is InChI=1S/C35H29F3N4O2/c1-44-32-17-16-29(28-10-2-3-11-30(28)32)27(15-14-22-12-13-22)24-7-5-8-25(19-24)40-34(43)31-20-33(35(36,37)38)41-42(31)26-9-4-6-23(18-26)21-39/h2-11,16-20,22,27H,12-15H2,1H3,(H,40,43). The molecule has 4 aromatic carbocycles. The lowest BCUT2D eigenvalue weighted by molar-refractivity contribution is -0.141. The summed E-state index contributed by atoms with van der Waals surface area (Å²) in [5.41, 5.74) is 1.49. The van der Waals surface area contributed by atoms with Gasteiger partial charge in [-0.25, -0.2) is 4.68 Å². The predicted molar refractivity (Wildman–Crippen MR) is 162 cm³/mol. The molecule has 1 saturated carbocycles. The summed E-state index contributed by atoms with van der Waals surface area (Å²) in [6.07, 6.45) is -0.310. The van der Waals surface area contributed by atoms with Crippen molar-refractivity contribution in [2.75, 3.05) is 12.4 Å². The van der Waals surface area contributed by atoms with Crippen LogP contribution in [0.1, 0.15) is 64.5 Å². The van der Waals surface area contributed by atoms with Crippen molar-refractivity contribution in [3.63, 3.8) is 0 Å². The van der Waals surface area contributed by atoms with Gasteiger partial charge in [0.1, 0.15) is 11.4 Å². The Morgan fingerprint density at radius 2 is 1.80 bits per heavy atom. The number of aromatic nitrogens is 2. The summed E-state index contributed by atoms with van der Waals surface area (Å²) in [4.78, 5) is 13.5. The van der Waals surface area contributed by atoms with Crippen LogP contribution in [0.2, 0.25) is 0 Å². The summed E-state index contributed by atoms with van der Waals surface area (Å²) in [6.45, 7) is 0. The van der Waals surface area contributed by atoms with Gasteiger partial charge in [-0.05, 0) is 71.7 Å². The molecule has 5 aromatic rings. The number of amides is 1. The highest BCUT2D eigenvalue weighted by Crippen LogP contribution is 2.42.